The lowest BCUT2D eigenvalue weighted by Gasteiger charge is -2.08. The quantitative estimate of drug-likeness (QED) is 0.393. The molecule has 11 heteroatoms. The molecule has 1 amide bonds. The van der Waals surface area contributed by atoms with Gasteiger partial charge >= 0.3 is 0 Å². The number of amides is 1. The number of hydrogen-bond acceptors (Lipinski definition) is 7. The average molecular weight is 479 g/mol. The Morgan fingerprint density at radius 3 is 2.48 bits per heavy atom. The van der Waals surface area contributed by atoms with Gasteiger partial charge in [-0.3, -0.25) is 9.59 Å². The van der Waals surface area contributed by atoms with Gasteiger partial charge in [-0.1, -0.05) is 23.7 Å². The standard InChI is InChI=1S/C20H19ClN4O4S2/c1-12(26)13-4-3-5-15(10-13)23-17(27)11-25-19(22)18(20(24-25)30-2)31(28,29)16-8-6-14(21)7-9-16/h3-10H,11,22H2,1-2H3,(H,23,27). The van der Waals surface area contributed by atoms with E-state index >= 15 is 0 Å². The Balaban J connectivity index is 1.89. The Bertz CT molecular complexity index is 1250. The number of halogens is 1. The van der Waals surface area contributed by atoms with E-state index in [1.54, 1.807) is 30.5 Å². The minimum absolute atomic E-state index is 0.0175. The number of sulfone groups is 1. The van der Waals surface area contributed by atoms with Gasteiger partial charge in [-0.15, -0.1) is 11.8 Å². The number of anilines is 2. The molecule has 0 aliphatic rings. The number of ketones is 1. The molecule has 3 rings (SSSR count). The van der Waals surface area contributed by atoms with Crippen LogP contribution in [0, 0.1) is 0 Å². The summed E-state index contributed by atoms with van der Waals surface area (Å²) in [5, 5.41) is 7.44. The summed E-state index contributed by atoms with van der Waals surface area (Å²) < 4.78 is 27.4. The van der Waals surface area contributed by atoms with Crippen LogP contribution >= 0.6 is 23.4 Å². The molecule has 3 N–H and O–H groups in total. The number of hydrogen-bond donors (Lipinski definition) is 2. The van der Waals surface area contributed by atoms with Crippen molar-refractivity contribution in [2.24, 2.45) is 0 Å². The Morgan fingerprint density at radius 2 is 1.87 bits per heavy atom. The van der Waals surface area contributed by atoms with Crippen molar-refractivity contribution in [3.8, 4) is 0 Å². The fourth-order valence-electron chi connectivity index (χ4n) is 2.83. The molecule has 0 saturated heterocycles. The highest BCUT2D eigenvalue weighted by Gasteiger charge is 2.29. The fourth-order valence-corrected chi connectivity index (χ4v) is 5.38. The molecule has 3 aromatic rings. The Morgan fingerprint density at radius 1 is 1.19 bits per heavy atom. The number of nitrogens with two attached hydrogens (primary N) is 1. The topological polar surface area (TPSA) is 124 Å². The second kappa shape index (κ2) is 9.13. The van der Waals surface area contributed by atoms with Crippen LogP contribution in [-0.2, 0) is 21.2 Å². The summed E-state index contributed by atoms with van der Waals surface area (Å²) in [6.07, 6.45) is 1.67. The van der Waals surface area contributed by atoms with E-state index in [9.17, 15) is 18.0 Å². The molecule has 0 bridgehead atoms. The van der Waals surface area contributed by atoms with Crippen LogP contribution in [0.25, 0.3) is 0 Å². The summed E-state index contributed by atoms with van der Waals surface area (Å²) >= 11 is 6.95. The maximum absolute atomic E-state index is 13.1. The Kier molecular flexibility index (Phi) is 6.73. The molecule has 162 valence electrons. The minimum atomic E-state index is -3.98. The molecule has 2 aromatic carbocycles. The molecule has 31 heavy (non-hydrogen) atoms. The van der Waals surface area contributed by atoms with Gasteiger partial charge in [0.1, 0.15) is 22.3 Å². The molecule has 1 heterocycles. The molecule has 0 unspecified atom stereocenters. The number of nitrogens with one attached hydrogen (secondary N) is 1. The van der Waals surface area contributed by atoms with Gasteiger partial charge in [0.05, 0.1) is 4.90 Å². The third-order valence-electron chi connectivity index (χ3n) is 4.35. The third kappa shape index (κ3) is 4.92. The van der Waals surface area contributed by atoms with Crippen molar-refractivity contribution < 1.29 is 18.0 Å². The first-order valence-electron chi connectivity index (χ1n) is 8.95. The summed E-state index contributed by atoms with van der Waals surface area (Å²) in [6.45, 7) is 1.12. The number of aromatic nitrogens is 2. The van der Waals surface area contributed by atoms with E-state index < -0.39 is 15.7 Å². The molecule has 0 saturated carbocycles. The highest BCUT2D eigenvalue weighted by molar-refractivity contribution is 7.99. The van der Waals surface area contributed by atoms with Gasteiger partial charge in [0.2, 0.25) is 15.7 Å². The zero-order valence-corrected chi connectivity index (χ0v) is 19.0. The number of carbonyl (C=O) groups is 2. The second-order valence-electron chi connectivity index (χ2n) is 6.52. The van der Waals surface area contributed by atoms with E-state index in [2.05, 4.69) is 10.4 Å². The van der Waals surface area contributed by atoms with E-state index in [0.29, 0.717) is 16.3 Å². The van der Waals surface area contributed by atoms with Gasteiger partial charge in [0, 0.05) is 16.3 Å². The van der Waals surface area contributed by atoms with E-state index in [-0.39, 0.29) is 33.0 Å². The van der Waals surface area contributed by atoms with Crippen LogP contribution < -0.4 is 11.1 Å². The Hall–Kier alpha value is -2.82. The van der Waals surface area contributed by atoms with E-state index in [4.69, 9.17) is 17.3 Å². The smallest absolute Gasteiger partial charge is 0.246 e. The predicted octanol–water partition coefficient (Wildman–Crippen LogP) is 3.51. The molecule has 0 spiro atoms. The first-order chi connectivity index (χ1) is 14.6. The maximum Gasteiger partial charge on any atom is 0.246 e. The zero-order chi connectivity index (χ0) is 22.8. The monoisotopic (exact) mass is 478 g/mol. The molecular weight excluding hydrogens is 460 g/mol. The lowest BCUT2D eigenvalue weighted by Crippen LogP contribution is -2.21. The van der Waals surface area contributed by atoms with Crippen LogP contribution in [0.5, 0.6) is 0 Å². The number of nitrogens with zero attached hydrogens (tertiary/aromatic N) is 2. The molecule has 0 aliphatic heterocycles. The fraction of sp³-hybridized carbons (Fsp3) is 0.150. The van der Waals surface area contributed by atoms with Gasteiger partial charge in [-0.2, -0.15) is 5.10 Å². The molecule has 0 radical (unpaired) electrons. The number of Topliss-reactive ketones (excluding diaryl/α,β-unsaturated/α-hetero) is 1. The van der Waals surface area contributed by atoms with Crippen LogP contribution in [0.1, 0.15) is 17.3 Å². The van der Waals surface area contributed by atoms with Crippen molar-refractivity contribution >= 4 is 56.4 Å². The maximum atomic E-state index is 13.1. The largest absolute Gasteiger partial charge is 0.383 e. The number of thioether (sulfide) groups is 1. The minimum Gasteiger partial charge on any atom is -0.383 e. The average Bonchev–Trinajstić information content (AvgIpc) is 3.04. The van der Waals surface area contributed by atoms with Gasteiger partial charge in [0.25, 0.3) is 0 Å². The molecule has 8 nitrogen and oxygen atoms in total. The van der Waals surface area contributed by atoms with Crippen molar-refractivity contribution in [2.75, 3.05) is 17.3 Å². The van der Waals surface area contributed by atoms with Crippen molar-refractivity contribution in [3.05, 3.63) is 59.1 Å². The van der Waals surface area contributed by atoms with E-state index in [0.717, 1.165) is 16.4 Å². The van der Waals surface area contributed by atoms with E-state index in [1.807, 2.05) is 0 Å². The van der Waals surface area contributed by atoms with E-state index in [1.165, 1.54) is 31.2 Å². The molecule has 0 atom stereocenters. The van der Waals surface area contributed by atoms with Crippen molar-refractivity contribution in [2.45, 2.75) is 28.3 Å². The summed E-state index contributed by atoms with van der Waals surface area (Å²) in [4.78, 5) is 23.9. The number of carbonyl (C=O) groups excluding carboxylic acids is 2. The highest BCUT2D eigenvalue weighted by atomic mass is 35.5. The van der Waals surface area contributed by atoms with Gasteiger partial charge in [-0.05, 0) is 49.6 Å². The third-order valence-corrected chi connectivity index (χ3v) is 7.24. The first-order valence-corrected chi connectivity index (χ1v) is 12.0. The van der Waals surface area contributed by atoms with Crippen LogP contribution in [0.15, 0.2) is 63.3 Å². The molecule has 0 aliphatic carbocycles. The number of benzene rings is 2. The molecule has 0 fully saturated rings. The lowest BCUT2D eigenvalue weighted by atomic mass is 10.1. The van der Waals surface area contributed by atoms with Crippen LogP contribution in [-0.4, -0.2) is 36.1 Å². The zero-order valence-electron chi connectivity index (χ0n) is 16.6. The number of nitrogen functional groups attached to an aromatic ring is 1. The second-order valence-corrected chi connectivity index (χ2v) is 9.64. The summed E-state index contributed by atoms with van der Waals surface area (Å²) in [7, 11) is -3.98. The predicted molar refractivity (Wildman–Crippen MR) is 120 cm³/mol. The van der Waals surface area contributed by atoms with Crippen molar-refractivity contribution in [1.29, 1.82) is 0 Å². The Labute approximate surface area is 188 Å². The van der Waals surface area contributed by atoms with Crippen LogP contribution in [0.2, 0.25) is 5.02 Å². The van der Waals surface area contributed by atoms with Crippen LogP contribution in [0.4, 0.5) is 11.5 Å². The summed E-state index contributed by atoms with van der Waals surface area (Å²) in [6, 6.07) is 12.2. The highest BCUT2D eigenvalue weighted by Crippen LogP contribution is 2.34. The van der Waals surface area contributed by atoms with Crippen LogP contribution in [0.3, 0.4) is 0 Å². The SMILES string of the molecule is CSc1nn(CC(=O)Nc2cccc(C(C)=O)c2)c(N)c1S(=O)(=O)c1ccc(Cl)cc1. The normalized spacial score (nSPS) is 11.3. The summed E-state index contributed by atoms with van der Waals surface area (Å²) in [5.74, 6) is -0.751. The van der Waals surface area contributed by atoms with Crippen molar-refractivity contribution in [3.63, 3.8) is 0 Å². The summed E-state index contributed by atoms with van der Waals surface area (Å²) in [5.41, 5.74) is 6.98. The van der Waals surface area contributed by atoms with Gasteiger partial charge in [-0.25, -0.2) is 13.1 Å². The molecular formula is C20H19ClN4O4S2. The van der Waals surface area contributed by atoms with Gasteiger partial charge in [0.15, 0.2) is 5.78 Å². The molecule has 1 aromatic heterocycles. The van der Waals surface area contributed by atoms with Crippen molar-refractivity contribution in [1.82, 2.24) is 9.78 Å². The lowest BCUT2D eigenvalue weighted by molar-refractivity contribution is -0.116. The van der Waals surface area contributed by atoms with Gasteiger partial charge < -0.3 is 11.1 Å². The number of rotatable bonds is 7. The first kappa shape index (κ1) is 22.9.